The maximum absolute atomic E-state index is 6.79. The summed E-state index contributed by atoms with van der Waals surface area (Å²) in [6, 6.07) is 16.9. The zero-order chi connectivity index (χ0) is 29.7. The van der Waals surface area contributed by atoms with E-state index in [2.05, 4.69) is 76.2 Å². The molecule has 0 fully saturated rings. The summed E-state index contributed by atoms with van der Waals surface area (Å²) in [7, 11) is 0. The van der Waals surface area contributed by atoms with Crippen LogP contribution in [0, 0.1) is 27.7 Å². The number of hydrogen-bond acceptors (Lipinski definition) is 8. The Morgan fingerprint density at radius 3 is 1.20 bits per heavy atom. The number of rotatable bonds is 0. The molecule has 8 nitrogen and oxygen atoms in total. The molecule has 4 atom stereocenters. The van der Waals surface area contributed by atoms with Crippen molar-refractivity contribution in [1.82, 2.24) is 0 Å². The van der Waals surface area contributed by atoms with Gasteiger partial charge in [0.05, 0.1) is 37.6 Å². The Labute approximate surface area is 255 Å². The molecule has 0 N–H and O–H groups in total. The van der Waals surface area contributed by atoms with Crippen LogP contribution in [-0.2, 0) is 45.4 Å². The molecule has 5 heterocycles. The fourth-order valence-corrected chi connectivity index (χ4v) is 7.03. The van der Waals surface area contributed by atoms with Crippen molar-refractivity contribution < 1.29 is 37.9 Å². The minimum absolute atomic E-state index is 0.337. The first kappa shape index (κ1) is 26.3. The summed E-state index contributed by atoms with van der Waals surface area (Å²) in [5, 5.41) is 0. The predicted molar refractivity (Wildman–Crippen MR) is 158 cm³/mol. The van der Waals surface area contributed by atoms with Crippen molar-refractivity contribution in [3.05, 3.63) is 104 Å². The van der Waals surface area contributed by atoms with E-state index in [9.17, 15) is 0 Å². The van der Waals surface area contributed by atoms with E-state index in [-0.39, 0.29) is 0 Å². The van der Waals surface area contributed by atoms with Gasteiger partial charge in [0.1, 0.15) is 23.0 Å². The zero-order valence-corrected chi connectivity index (χ0v) is 25.0. The van der Waals surface area contributed by atoms with Gasteiger partial charge in [-0.25, -0.2) is 0 Å². The zero-order valence-electron chi connectivity index (χ0n) is 25.0. The van der Waals surface area contributed by atoms with Crippen molar-refractivity contribution >= 4 is 0 Å². The largest absolute Gasteiger partial charge is 0.459 e. The number of hydrogen-bond donors (Lipinski definition) is 0. The van der Waals surface area contributed by atoms with E-state index in [0.717, 1.165) is 78.3 Å². The molecule has 0 unspecified atom stereocenters. The lowest BCUT2D eigenvalue weighted by Gasteiger charge is -2.38. The first-order chi connectivity index (χ1) is 21.4. The van der Waals surface area contributed by atoms with Crippen molar-refractivity contribution in [3.63, 3.8) is 0 Å². The normalized spacial score (nSPS) is 23.9. The highest BCUT2D eigenvalue weighted by Gasteiger charge is 2.40. The van der Waals surface area contributed by atoms with Gasteiger partial charge < -0.3 is 37.9 Å². The van der Waals surface area contributed by atoms with Crippen molar-refractivity contribution in [2.24, 2.45) is 0 Å². The van der Waals surface area contributed by atoms with Gasteiger partial charge in [-0.1, -0.05) is 24.3 Å². The Morgan fingerprint density at radius 1 is 0.409 bits per heavy atom. The second-order valence-corrected chi connectivity index (χ2v) is 12.4. The molecule has 8 bridgehead atoms. The highest BCUT2D eigenvalue weighted by atomic mass is 16.8. The number of ether oxygens (including phenoxy) is 8. The number of fused-ring (bicyclic) bond motifs is 8. The van der Waals surface area contributed by atoms with E-state index >= 15 is 0 Å². The second-order valence-electron chi connectivity index (χ2n) is 12.4. The maximum atomic E-state index is 6.79. The van der Waals surface area contributed by atoms with Crippen LogP contribution >= 0.6 is 0 Å². The van der Waals surface area contributed by atoms with Crippen LogP contribution in [0.4, 0.5) is 0 Å². The predicted octanol–water partition coefficient (Wildman–Crippen LogP) is 7.29. The van der Waals surface area contributed by atoms with E-state index in [1.807, 2.05) is 0 Å². The quantitative estimate of drug-likeness (QED) is 0.211. The Bertz CT molecular complexity index is 1730. The van der Waals surface area contributed by atoms with Crippen LogP contribution in [-0.4, -0.2) is 12.6 Å². The molecule has 4 aromatic carbocycles. The Balaban J connectivity index is 1.29. The van der Waals surface area contributed by atoms with Gasteiger partial charge in [0, 0.05) is 33.4 Å². The minimum atomic E-state index is -0.809. The molecule has 4 aromatic rings. The fraction of sp³-hybridized carbons (Fsp3) is 0.333. The summed E-state index contributed by atoms with van der Waals surface area (Å²) in [4.78, 5) is 0. The van der Waals surface area contributed by atoms with E-state index in [1.54, 1.807) is 0 Å². The molecule has 44 heavy (non-hydrogen) atoms. The summed E-state index contributed by atoms with van der Waals surface area (Å²) < 4.78 is 51.8. The van der Waals surface area contributed by atoms with E-state index in [4.69, 9.17) is 37.9 Å². The first-order valence-corrected chi connectivity index (χ1v) is 15.1. The molecule has 0 spiro atoms. The van der Waals surface area contributed by atoms with Crippen LogP contribution < -0.4 is 18.9 Å². The average molecular weight is 593 g/mol. The molecule has 0 saturated heterocycles. The van der Waals surface area contributed by atoms with Crippen molar-refractivity contribution in [2.75, 3.05) is 0 Å². The summed E-state index contributed by atoms with van der Waals surface area (Å²) in [5.74, 6) is 2.91. The minimum Gasteiger partial charge on any atom is -0.459 e. The van der Waals surface area contributed by atoms with Crippen molar-refractivity contribution in [2.45, 2.75) is 79.3 Å². The molecule has 0 radical (unpaired) electrons. The summed E-state index contributed by atoms with van der Waals surface area (Å²) in [5.41, 5.74) is 11.7. The Kier molecular flexibility index (Phi) is 5.81. The van der Waals surface area contributed by atoms with Gasteiger partial charge in [-0.3, -0.25) is 0 Å². The smallest absolute Gasteiger partial charge is 0.263 e. The molecule has 0 amide bonds. The standard InChI is InChI=1S/C36H32O8/c1-17-5-21-13-37-33-27-11-19(3)7-23-15-39-35(43-31(23)27)36-40-16-24-8-20(4)12-28(32(24)44-36)34-38-14-22-6-18(2)10-26(30(22)42-34)25(9-17)29(21)41-33/h5-12,33-36H,13-16H2,1-4H3/t33-,34-,35+,36+/m1/s1. The topological polar surface area (TPSA) is 73.8 Å². The van der Waals surface area contributed by atoms with Crippen LogP contribution in [0.15, 0.2) is 48.5 Å². The van der Waals surface area contributed by atoms with Crippen molar-refractivity contribution in [1.29, 1.82) is 0 Å². The third-order valence-electron chi connectivity index (χ3n) is 8.82. The molecule has 8 heteroatoms. The fourth-order valence-electron chi connectivity index (χ4n) is 7.03. The molecular weight excluding hydrogens is 560 g/mol. The average Bonchev–Trinajstić information content (AvgIpc) is 3.02. The Morgan fingerprint density at radius 2 is 0.773 bits per heavy atom. The number of benzene rings is 4. The lowest BCUT2D eigenvalue weighted by atomic mass is 9.93. The van der Waals surface area contributed by atoms with Crippen LogP contribution in [0.1, 0.15) is 68.2 Å². The summed E-state index contributed by atoms with van der Waals surface area (Å²) >= 11 is 0. The van der Waals surface area contributed by atoms with E-state index in [0.29, 0.717) is 37.9 Å². The molecule has 0 saturated carbocycles. The van der Waals surface area contributed by atoms with E-state index in [1.165, 1.54) is 0 Å². The molecule has 0 aliphatic carbocycles. The summed E-state index contributed by atoms with van der Waals surface area (Å²) in [6.07, 6.45) is -3.00. The molecular formula is C36H32O8. The van der Waals surface area contributed by atoms with Gasteiger partial charge in [0.25, 0.3) is 12.6 Å². The highest BCUT2D eigenvalue weighted by molar-refractivity contribution is 5.80. The lowest BCUT2D eigenvalue weighted by molar-refractivity contribution is -0.253. The van der Waals surface area contributed by atoms with Gasteiger partial charge >= 0.3 is 0 Å². The molecule has 0 aromatic heterocycles. The van der Waals surface area contributed by atoms with Crippen LogP contribution in [0.25, 0.3) is 11.1 Å². The second kappa shape index (κ2) is 9.71. The molecule has 5 aliphatic heterocycles. The van der Waals surface area contributed by atoms with Crippen molar-refractivity contribution in [3.8, 4) is 34.1 Å². The molecule has 5 aliphatic rings. The van der Waals surface area contributed by atoms with Gasteiger partial charge in [0.15, 0.2) is 0 Å². The Hall–Kier alpha value is -4.08. The molecule has 224 valence electrons. The van der Waals surface area contributed by atoms with Crippen LogP contribution in [0.2, 0.25) is 0 Å². The number of aryl methyl sites for hydroxylation is 4. The third kappa shape index (κ3) is 4.13. The van der Waals surface area contributed by atoms with Crippen LogP contribution in [0.3, 0.4) is 0 Å². The van der Waals surface area contributed by atoms with E-state index < -0.39 is 25.2 Å². The van der Waals surface area contributed by atoms with Gasteiger partial charge in [-0.05, 0) is 74.2 Å². The maximum Gasteiger partial charge on any atom is 0.263 e. The SMILES string of the molecule is Cc1cc2c3c(c1)-c1cc(C)cc4c1O[C@@H](OC4)c1cc(C)cc4c1O[C@H](OC4)[C@H]1OCc4cc(C)cc(c4O1)[C@H](OC2)O3. The lowest BCUT2D eigenvalue weighted by Crippen LogP contribution is -2.44. The van der Waals surface area contributed by atoms with Gasteiger partial charge in [-0.2, -0.15) is 0 Å². The van der Waals surface area contributed by atoms with Crippen LogP contribution in [0.5, 0.6) is 23.0 Å². The monoisotopic (exact) mass is 592 g/mol. The highest BCUT2D eigenvalue weighted by Crippen LogP contribution is 2.51. The van der Waals surface area contributed by atoms with Gasteiger partial charge in [-0.15, -0.1) is 0 Å². The third-order valence-corrected chi connectivity index (χ3v) is 8.82. The summed E-state index contributed by atoms with van der Waals surface area (Å²) in [6.45, 7) is 9.75. The first-order valence-electron chi connectivity index (χ1n) is 15.1. The van der Waals surface area contributed by atoms with Gasteiger partial charge in [0.2, 0.25) is 12.6 Å². The molecule has 9 rings (SSSR count).